The number of benzene rings is 2. The lowest BCUT2D eigenvalue weighted by atomic mass is 10.2. The number of anilines is 3. The molecule has 0 aliphatic carbocycles. The molecule has 0 aliphatic heterocycles. The van der Waals surface area contributed by atoms with Crippen molar-refractivity contribution >= 4 is 38.6 Å². The zero-order valence-corrected chi connectivity index (χ0v) is 12.0. The molecule has 2 aromatic carbocycles. The molecule has 2 N–H and O–H groups in total. The normalized spacial score (nSPS) is 10.9. The van der Waals surface area contributed by atoms with Crippen LogP contribution in [0, 0.1) is 12.7 Å². The molecule has 1 heterocycles. The van der Waals surface area contributed by atoms with Crippen molar-refractivity contribution in [3.63, 3.8) is 0 Å². The molecule has 0 aliphatic rings. The second-order valence-electron chi connectivity index (χ2n) is 4.62. The molecular formula is C15H14FN3S. The molecule has 0 unspecified atom stereocenters. The van der Waals surface area contributed by atoms with Gasteiger partial charge in [0.15, 0.2) is 0 Å². The van der Waals surface area contributed by atoms with Gasteiger partial charge in [0.25, 0.3) is 0 Å². The third-order valence-electron chi connectivity index (χ3n) is 3.22. The molecule has 3 aromatic rings. The molecule has 20 heavy (non-hydrogen) atoms. The van der Waals surface area contributed by atoms with Crippen molar-refractivity contribution in [2.24, 2.45) is 0 Å². The van der Waals surface area contributed by atoms with Gasteiger partial charge in [0.2, 0.25) is 0 Å². The predicted molar refractivity (Wildman–Crippen MR) is 83.2 cm³/mol. The summed E-state index contributed by atoms with van der Waals surface area (Å²) in [5.74, 6) is -0.274. The van der Waals surface area contributed by atoms with E-state index in [4.69, 9.17) is 5.73 Å². The van der Waals surface area contributed by atoms with Crippen LogP contribution in [0.15, 0.2) is 36.4 Å². The van der Waals surface area contributed by atoms with Gasteiger partial charge >= 0.3 is 0 Å². The minimum absolute atomic E-state index is 0.274. The highest BCUT2D eigenvalue weighted by molar-refractivity contribution is 7.18. The summed E-state index contributed by atoms with van der Waals surface area (Å²) in [6.07, 6.45) is 0. The number of nitrogens with two attached hydrogens (primary N) is 1. The minimum Gasteiger partial charge on any atom is -0.397 e. The Bertz CT molecular complexity index is 782. The van der Waals surface area contributed by atoms with Gasteiger partial charge in [-0.25, -0.2) is 9.37 Å². The summed E-state index contributed by atoms with van der Waals surface area (Å²) in [7, 11) is 1.80. The number of nitrogens with zero attached hydrogens (tertiary/aromatic N) is 2. The number of nitrogen functional groups attached to an aromatic ring is 1. The van der Waals surface area contributed by atoms with Crippen LogP contribution in [-0.4, -0.2) is 12.0 Å². The summed E-state index contributed by atoms with van der Waals surface area (Å²) in [4.78, 5) is 6.20. The van der Waals surface area contributed by atoms with Crippen LogP contribution in [0.5, 0.6) is 0 Å². The van der Waals surface area contributed by atoms with E-state index in [1.165, 1.54) is 6.07 Å². The zero-order valence-electron chi connectivity index (χ0n) is 11.2. The predicted octanol–water partition coefficient (Wildman–Crippen LogP) is 4.09. The molecule has 0 saturated heterocycles. The number of thiazole rings is 1. The topological polar surface area (TPSA) is 42.2 Å². The summed E-state index contributed by atoms with van der Waals surface area (Å²) in [6.45, 7) is 1.96. The maximum absolute atomic E-state index is 13.9. The molecule has 3 nitrogen and oxygen atoms in total. The van der Waals surface area contributed by atoms with Crippen LogP contribution >= 0.6 is 11.3 Å². The molecule has 0 radical (unpaired) electrons. The average molecular weight is 287 g/mol. The van der Waals surface area contributed by atoms with E-state index < -0.39 is 0 Å². The van der Waals surface area contributed by atoms with Crippen LogP contribution in [0.3, 0.4) is 0 Å². The van der Waals surface area contributed by atoms with E-state index in [-0.39, 0.29) is 5.82 Å². The maximum atomic E-state index is 13.9. The Labute approximate surface area is 120 Å². The third kappa shape index (κ3) is 2.10. The molecule has 0 spiro atoms. The van der Waals surface area contributed by atoms with E-state index in [1.54, 1.807) is 41.5 Å². The number of rotatable bonds is 2. The molecule has 102 valence electrons. The first-order valence-corrected chi connectivity index (χ1v) is 7.03. The van der Waals surface area contributed by atoms with Gasteiger partial charge in [0, 0.05) is 7.05 Å². The second kappa shape index (κ2) is 4.76. The van der Waals surface area contributed by atoms with Crippen molar-refractivity contribution in [2.75, 3.05) is 17.7 Å². The highest BCUT2D eigenvalue weighted by Crippen LogP contribution is 2.35. The summed E-state index contributed by atoms with van der Waals surface area (Å²) >= 11 is 1.60. The van der Waals surface area contributed by atoms with Gasteiger partial charge in [0.1, 0.15) is 5.82 Å². The minimum atomic E-state index is -0.274. The SMILES string of the molecule is Cc1nc2cc(N(C)c3ccccc3F)c(N)cc2s1. The number of para-hydroxylation sites is 1. The number of hydrogen-bond donors (Lipinski definition) is 1. The maximum Gasteiger partial charge on any atom is 0.146 e. The third-order valence-corrected chi connectivity index (χ3v) is 4.15. The van der Waals surface area contributed by atoms with Crippen LogP contribution in [-0.2, 0) is 0 Å². The Morgan fingerprint density at radius 1 is 1.20 bits per heavy atom. The summed E-state index contributed by atoms with van der Waals surface area (Å²) in [6, 6.07) is 10.4. The van der Waals surface area contributed by atoms with Crippen molar-refractivity contribution in [1.29, 1.82) is 0 Å². The number of halogens is 1. The van der Waals surface area contributed by atoms with E-state index >= 15 is 0 Å². The Hall–Kier alpha value is -2.14. The fraction of sp³-hybridized carbons (Fsp3) is 0.133. The van der Waals surface area contributed by atoms with Crippen LogP contribution in [0.25, 0.3) is 10.2 Å². The van der Waals surface area contributed by atoms with Crippen LogP contribution in [0.2, 0.25) is 0 Å². The van der Waals surface area contributed by atoms with E-state index in [0.29, 0.717) is 11.4 Å². The van der Waals surface area contributed by atoms with Crippen LogP contribution < -0.4 is 10.6 Å². The van der Waals surface area contributed by atoms with Crippen molar-refractivity contribution in [3.05, 3.63) is 47.2 Å². The smallest absolute Gasteiger partial charge is 0.146 e. The molecule has 0 atom stereocenters. The fourth-order valence-corrected chi connectivity index (χ4v) is 3.10. The first-order chi connectivity index (χ1) is 9.56. The van der Waals surface area contributed by atoms with Gasteiger partial charge in [-0.2, -0.15) is 0 Å². The molecule has 0 fully saturated rings. The Morgan fingerprint density at radius 3 is 2.70 bits per heavy atom. The summed E-state index contributed by atoms with van der Waals surface area (Å²) in [5.41, 5.74) is 8.85. The lowest BCUT2D eigenvalue weighted by Gasteiger charge is -2.21. The quantitative estimate of drug-likeness (QED) is 0.722. The number of hydrogen-bond acceptors (Lipinski definition) is 4. The van der Waals surface area contributed by atoms with Gasteiger partial charge in [-0.05, 0) is 31.2 Å². The van der Waals surface area contributed by atoms with Gasteiger partial charge in [-0.1, -0.05) is 12.1 Å². The van der Waals surface area contributed by atoms with E-state index in [9.17, 15) is 4.39 Å². The fourth-order valence-electron chi connectivity index (χ4n) is 2.24. The first-order valence-electron chi connectivity index (χ1n) is 6.21. The Morgan fingerprint density at radius 2 is 1.95 bits per heavy atom. The van der Waals surface area contributed by atoms with Crippen molar-refractivity contribution in [3.8, 4) is 0 Å². The summed E-state index contributed by atoms with van der Waals surface area (Å²) in [5, 5.41) is 0.991. The summed E-state index contributed by atoms with van der Waals surface area (Å²) < 4.78 is 14.9. The highest BCUT2D eigenvalue weighted by Gasteiger charge is 2.13. The van der Waals surface area contributed by atoms with E-state index in [0.717, 1.165) is 20.9 Å². The number of fused-ring (bicyclic) bond motifs is 1. The lowest BCUT2D eigenvalue weighted by molar-refractivity contribution is 0.627. The van der Waals surface area contributed by atoms with Crippen LogP contribution in [0.1, 0.15) is 5.01 Å². The first kappa shape index (κ1) is 12.9. The Kier molecular flexibility index (Phi) is 3.06. The molecule has 3 rings (SSSR count). The van der Waals surface area contributed by atoms with Crippen molar-refractivity contribution in [1.82, 2.24) is 4.98 Å². The van der Waals surface area contributed by atoms with Crippen molar-refractivity contribution in [2.45, 2.75) is 6.92 Å². The largest absolute Gasteiger partial charge is 0.397 e. The molecule has 0 bridgehead atoms. The van der Waals surface area contributed by atoms with E-state index in [2.05, 4.69) is 4.98 Å². The number of aromatic nitrogens is 1. The highest BCUT2D eigenvalue weighted by atomic mass is 32.1. The lowest BCUT2D eigenvalue weighted by Crippen LogP contribution is -2.13. The van der Waals surface area contributed by atoms with Crippen molar-refractivity contribution < 1.29 is 4.39 Å². The Balaban J connectivity index is 2.13. The van der Waals surface area contributed by atoms with Gasteiger partial charge in [-0.15, -0.1) is 11.3 Å². The van der Waals surface area contributed by atoms with Gasteiger partial charge < -0.3 is 10.6 Å². The molecule has 0 amide bonds. The number of aryl methyl sites for hydroxylation is 1. The van der Waals surface area contributed by atoms with Gasteiger partial charge in [-0.3, -0.25) is 0 Å². The monoisotopic (exact) mass is 287 g/mol. The molecule has 0 saturated carbocycles. The molecule has 5 heteroatoms. The van der Waals surface area contributed by atoms with Gasteiger partial charge in [0.05, 0.1) is 32.3 Å². The second-order valence-corrected chi connectivity index (χ2v) is 5.86. The molecular weight excluding hydrogens is 273 g/mol. The average Bonchev–Trinajstić information content (AvgIpc) is 2.76. The zero-order chi connectivity index (χ0) is 14.3. The van der Waals surface area contributed by atoms with Crippen LogP contribution in [0.4, 0.5) is 21.5 Å². The standard InChI is InChI=1S/C15H14FN3S/c1-9-18-12-8-14(11(17)7-15(12)20-9)19(2)13-6-4-3-5-10(13)16/h3-8H,17H2,1-2H3. The van der Waals surface area contributed by atoms with E-state index in [1.807, 2.05) is 19.1 Å². The molecule has 1 aromatic heterocycles.